The van der Waals surface area contributed by atoms with Crippen LogP contribution in [0.15, 0.2) is 97.6 Å². The number of hydrogen-bond donors (Lipinski definition) is 16. The molecule has 6 aromatic carbocycles. The Morgan fingerprint density at radius 3 is 1.31 bits per heavy atom. The summed E-state index contributed by atoms with van der Waals surface area (Å²) in [6.45, 7) is 15.1. The summed E-state index contributed by atoms with van der Waals surface area (Å²) in [5, 5.41) is 63.8. The maximum absolute atomic E-state index is 13.8. The lowest BCUT2D eigenvalue weighted by Gasteiger charge is -2.33. The fourth-order valence-electron chi connectivity index (χ4n) is 20.3. The van der Waals surface area contributed by atoms with Gasteiger partial charge in [-0.15, -0.1) is 0 Å². The van der Waals surface area contributed by atoms with Crippen molar-refractivity contribution in [1.29, 1.82) is 0 Å². The smallest absolute Gasteiger partial charge is 0.470 e. The van der Waals surface area contributed by atoms with Gasteiger partial charge in [0.2, 0.25) is 22.6 Å². The number of phosphoric acid groups is 4. The number of imidazole rings is 2. The molecule has 46 nitrogen and oxygen atoms in total. The van der Waals surface area contributed by atoms with Gasteiger partial charge in [0, 0.05) is 155 Å². The summed E-state index contributed by atoms with van der Waals surface area (Å²) in [6, 6.07) is 26.1. The first kappa shape index (κ1) is 104. The number of unbranched alkanes of at least 4 members (excludes halogenated alkanes) is 6. The van der Waals surface area contributed by atoms with E-state index in [9.17, 15) is 97.0 Å². The van der Waals surface area contributed by atoms with E-state index in [2.05, 4.69) is 155 Å². The summed E-state index contributed by atoms with van der Waals surface area (Å²) in [7, 11) is -20.6. The van der Waals surface area contributed by atoms with Gasteiger partial charge in [0.15, 0.2) is 46.4 Å². The monoisotopic (exact) mass is 2070 g/mol. The van der Waals surface area contributed by atoms with Crippen LogP contribution in [0.5, 0.6) is 23.0 Å². The van der Waals surface area contributed by atoms with Crippen LogP contribution in [0.3, 0.4) is 0 Å². The van der Waals surface area contributed by atoms with Gasteiger partial charge in [-0.3, -0.25) is 36.8 Å². The summed E-state index contributed by atoms with van der Waals surface area (Å²) in [6.07, 6.45) is 1.36. The fraction of sp³-hybridized carbons (Fsp3) is 0.447. The number of aromatic nitrogens is 8. The van der Waals surface area contributed by atoms with Crippen molar-refractivity contribution in [2.75, 3.05) is 124 Å². The predicted molar refractivity (Wildman–Crippen MR) is 519 cm³/mol. The summed E-state index contributed by atoms with van der Waals surface area (Å²) in [5.41, 5.74) is 23.3. The molecule has 2 fully saturated rings. The van der Waals surface area contributed by atoms with Crippen LogP contribution in [0.1, 0.15) is 203 Å². The van der Waals surface area contributed by atoms with Crippen molar-refractivity contribution in [1.82, 2.24) is 58.8 Å². The van der Waals surface area contributed by atoms with Crippen LogP contribution < -0.4 is 92.5 Å². The number of benzene rings is 6. The second-order valence-electron chi connectivity index (χ2n) is 36.2. The summed E-state index contributed by atoms with van der Waals surface area (Å²) in [4.78, 5) is 159. The zero-order valence-corrected chi connectivity index (χ0v) is 82.8. The maximum atomic E-state index is 13.8. The minimum absolute atomic E-state index is 0.0380. The number of nitrogens with zero attached hydrogens (tertiary/aromatic N) is 12. The number of aliphatic hydroxyl groups is 2. The van der Waals surface area contributed by atoms with Gasteiger partial charge < -0.3 is 131 Å². The Labute approximate surface area is 823 Å². The molecule has 12 heterocycles. The molecule has 144 heavy (non-hydrogen) atoms. The number of amides is 2. The minimum Gasteiger partial charge on any atom is -0.545 e. The van der Waals surface area contributed by atoms with E-state index in [1.807, 2.05) is 0 Å². The van der Waals surface area contributed by atoms with Gasteiger partial charge in [-0.05, 0) is 163 Å². The van der Waals surface area contributed by atoms with E-state index in [1.54, 1.807) is 18.2 Å². The zero-order valence-electron chi connectivity index (χ0n) is 79.2. The standard InChI is InChI=1S/2C47H57N9O14P2/c1-3-54-17-9-11-26-19-31-35(22-33(26)54)68-36-23-34-27(12-10-18-55(34)4-2)20-32(36)38(31)30-21-28(13-14-29(30)46(59)60)44(58)49-15-7-5-6-8-16-50-47-53-39-42(48)51-25-52-43(39)56(47)45-41(70-72(64,65)66)40(57)37(69-45)24-67-71(61,62)63;1-3-54-17-9-11-26-19-31-35(22-33(26)54)68-36-23-34-27(12-10-18-55(34)4-2)20-32(36)38(31)29-14-13-28(21-30(29)46(59)60)44(58)49-15-7-5-6-8-16-50-47-53-39-42(48)51-25-52-43(39)56(47)45-41(70-72(64,65)66)40(57)37(69-45)24-67-71(61,62)63/h13-14,19-23,25,37,40-41,45,57H,3-12,15-18,24H2,1-2H3,(H8-,48,49,50,51,52,53,58,59,60,61,62,63,64,65,66);13-14,19-23,25,37,40-41,45,48-49,57H,3-12,15-18,24H2,1-2H3,(H6,58,59,60,61,62,63,64,65,66)/t2*37-,40-,41-,45-/m11/s1. The molecule has 8 atom stereocenters. The number of nitrogen functional groups attached to an aromatic ring is 2. The highest BCUT2D eigenvalue weighted by Crippen LogP contribution is 2.52. The topological polar surface area (TPSA) is 659 Å². The van der Waals surface area contributed by atoms with E-state index < -0.39 is 111 Å². The highest BCUT2D eigenvalue weighted by atomic mass is 31.2. The minimum atomic E-state index is -5.27. The lowest BCUT2D eigenvalue weighted by Crippen LogP contribution is -2.39. The SMILES string of the molecule is CCN1CCCc2cc3c(cc21)Oc1cc2c(cc1=C3c1cc(C(=O)NCCCCCCNc3nc4c(N)ncnc4n3[C@@H]3O[C@H](COP(=O)(O)O)[C@@H](O)[C@H]3OP(=O)(O)O)ccc1C(=O)[O-])CCC[N+]=2CC.CCN1CCCc2cc3c(cc21)Oc1cc2c(cc1=C3c1ccc(C(=O)NCCCCCCNc3nc4c(N)ncnc4n3[C@@H]3O[C@H](COP(=O)(O)O)[C@@H](O)[C@H]3OP(=O)(O)O)cc1C(=O)[O-])CCC[N+]=2CC. The molecular weight excluding hydrogens is 1950 g/mol. The fourth-order valence-corrected chi connectivity index (χ4v) is 22.0. The van der Waals surface area contributed by atoms with Crippen LogP contribution in [-0.2, 0) is 71.5 Å². The number of hydrogen-bond acceptors (Lipinski definition) is 32. The van der Waals surface area contributed by atoms with Crippen molar-refractivity contribution < 1.29 is 134 Å². The maximum Gasteiger partial charge on any atom is 0.470 e. The third kappa shape index (κ3) is 22.6. The van der Waals surface area contributed by atoms with E-state index in [0.29, 0.717) is 117 Å². The van der Waals surface area contributed by atoms with Gasteiger partial charge in [-0.2, -0.15) is 0 Å². The van der Waals surface area contributed by atoms with E-state index in [1.165, 1.54) is 38.5 Å². The molecular formula is C94H114N18O28P4. The Morgan fingerprint density at radius 1 is 0.472 bits per heavy atom. The Bertz CT molecular complexity index is 7150. The van der Waals surface area contributed by atoms with Gasteiger partial charge in [0.05, 0.1) is 37.3 Å². The molecule has 0 aliphatic carbocycles. The Balaban J connectivity index is 0.000000198. The molecule has 8 aliphatic heterocycles. The number of carboxylic acid groups (broad SMARTS) is 2. The number of nitrogens with two attached hydrogens (primary N) is 2. The number of ether oxygens (including phenoxy) is 4. The molecule has 10 aromatic rings. The molecule has 8 aliphatic rings. The average molecular weight is 2070 g/mol. The number of aromatic carboxylic acids is 2. The first-order chi connectivity index (χ1) is 68.8. The quantitative estimate of drug-likeness (QED) is 0.0150. The molecule has 0 unspecified atom stereocenters. The molecule has 0 bridgehead atoms. The van der Waals surface area contributed by atoms with E-state index in [4.69, 9.17) is 39.5 Å². The molecule has 0 saturated carbocycles. The third-order valence-electron chi connectivity index (χ3n) is 27.0. The lowest BCUT2D eigenvalue weighted by molar-refractivity contribution is -0.256. The number of anilines is 6. The lowest BCUT2D eigenvalue weighted by atomic mass is 9.85. The van der Waals surface area contributed by atoms with Gasteiger partial charge >= 0.3 is 31.3 Å². The summed E-state index contributed by atoms with van der Waals surface area (Å²) < 4.78 is 97.9. The Hall–Kier alpha value is -11.7. The number of aliphatic hydroxyl groups excluding tert-OH is 2. The van der Waals surface area contributed by atoms with E-state index in [0.717, 1.165) is 177 Å². The number of nitrogens with one attached hydrogen (secondary N) is 4. The molecule has 18 rings (SSSR count). The number of phosphoric ester groups is 4. The molecule has 0 spiro atoms. The Kier molecular flexibility index (Phi) is 31.4. The second-order valence-corrected chi connectivity index (χ2v) is 41.0. The number of carbonyl (C=O) groups excluding carboxylic acids is 4. The first-order valence-electron chi connectivity index (χ1n) is 47.9. The number of rotatable bonds is 38. The molecule has 4 aromatic heterocycles. The summed E-state index contributed by atoms with van der Waals surface area (Å²) in [5.74, 6) is -1.04. The van der Waals surface area contributed by atoms with Crippen molar-refractivity contribution in [3.63, 3.8) is 0 Å². The van der Waals surface area contributed by atoms with E-state index in [-0.39, 0.29) is 74.0 Å². The normalized spacial score (nSPS) is 19.6. The van der Waals surface area contributed by atoms with Crippen LogP contribution in [-0.4, -0.2) is 241 Å². The average Bonchev–Trinajstić information content (AvgIpc) is 1.26. The van der Waals surface area contributed by atoms with E-state index >= 15 is 0 Å². The first-order valence-corrected chi connectivity index (χ1v) is 54.0. The van der Waals surface area contributed by atoms with Crippen LogP contribution >= 0.6 is 31.3 Å². The van der Waals surface area contributed by atoms with Gasteiger partial charge in [-0.1, -0.05) is 37.8 Å². The predicted octanol–water partition coefficient (Wildman–Crippen LogP) is 3.21. The second kappa shape index (κ2) is 43.5. The Morgan fingerprint density at radius 2 is 0.889 bits per heavy atom. The van der Waals surface area contributed by atoms with Gasteiger partial charge in [0.1, 0.15) is 98.5 Å². The number of fused-ring (bicyclic) bond motifs is 10. The van der Waals surface area contributed by atoms with Gasteiger partial charge in [0.25, 0.3) is 11.8 Å². The zero-order chi connectivity index (χ0) is 102. The third-order valence-corrected chi connectivity index (χ3v) is 29.0. The highest BCUT2D eigenvalue weighted by Gasteiger charge is 2.53. The number of carbonyl (C=O) groups is 4. The van der Waals surface area contributed by atoms with Crippen molar-refractivity contribution in [2.24, 2.45) is 0 Å². The van der Waals surface area contributed by atoms with Crippen molar-refractivity contribution in [2.45, 2.75) is 180 Å². The van der Waals surface area contributed by atoms with Crippen LogP contribution in [0.2, 0.25) is 0 Å². The molecule has 50 heteroatoms. The highest BCUT2D eigenvalue weighted by molar-refractivity contribution is 7.47. The van der Waals surface area contributed by atoms with Crippen LogP contribution in [0.25, 0.3) is 33.5 Å². The summed E-state index contributed by atoms with van der Waals surface area (Å²) >= 11 is 0. The van der Waals surface area contributed by atoms with Gasteiger partial charge in [-0.25, -0.2) is 57.3 Å². The molecule has 0 radical (unpaired) electrons. The number of aryl methyl sites for hydroxylation is 4. The molecule has 768 valence electrons. The van der Waals surface area contributed by atoms with Crippen molar-refractivity contribution >= 4 is 123 Å². The molecule has 18 N–H and O–H groups in total. The van der Waals surface area contributed by atoms with Crippen LogP contribution in [0.4, 0.5) is 34.9 Å². The van der Waals surface area contributed by atoms with Crippen LogP contribution in [0, 0.1) is 0 Å². The van der Waals surface area contributed by atoms with Crippen molar-refractivity contribution in [3.8, 4) is 23.0 Å². The largest absolute Gasteiger partial charge is 0.545 e. The molecule has 2 saturated heterocycles. The number of carboxylic acids is 2. The van der Waals surface area contributed by atoms with Crippen molar-refractivity contribution in [3.05, 3.63) is 185 Å². The molecule has 2 amide bonds.